The fraction of sp³-hybridized carbons (Fsp3) is 0.471. The van der Waals surface area contributed by atoms with Crippen LogP contribution in [0.25, 0.3) is 0 Å². The Morgan fingerprint density at radius 2 is 2.00 bits per heavy atom. The van der Waals surface area contributed by atoms with Crippen molar-refractivity contribution >= 4 is 5.91 Å². The van der Waals surface area contributed by atoms with E-state index in [2.05, 4.69) is 15.0 Å². The second kappa shape index (κ2) is 6.91. The highest BCUT2D eigenvalue weighted by atomic mass is 16.5. The fourth-order valence-electron chi connectivity index (χ4n) is 2.89. The second-order valence-corrected chi connectivity index (χ2v) is 5.96. The van der Waals surface area contributed by atoms with Crippen LogP contribution >= 0.6 is 0 Å². The van der Waals surface area contributed by atoms with E-state index in [9.17, 15) is 4.79 Å². The maximum Gasteiger partial charge on any atom is 0.227 e. The predicted molar refractivity (Wildman–Crippen MR) is 85.8 cm³/mol. The first-order chi connectivity index (χ1) is 11.1. The lowest BCUT2D eigenvalue weighted by molar-refractivity contribution is -0.132. The minimum Gasteiger partial charge on any atom is -0.361 e. The van der Waals surface area contributed by atoms with Crippen molar-refractivity contribution in [2.75, 3.05) is 26.2 Å². The van der Waals surface area contributed by atoms with Gasteiger partial charge >= 0.3 is 0 Å². The second-order valence-electron chi connectivity index (χ2n) is 5.96. The third-order valence-corrected chi connectivity index (χ3v) is 4.35. The Balaban J connectivity index is 1.51. The molecule has 0 saturated carbocycles. The molecule has 0 aliphatic carbocycles. The lowest BCUT2D eigenvalue weighted by atomic mass is 10.1. The van der Waals surface area contributed by atoms with Crippen LogP contribution in [0.15, 0.2) is 28.9 Å². The maximum atomic E-state index is 12.5. The molecule has 3 rings (SSSR count). The first kappa shape index (κ1) is 15.7. The number of pyridine rings is 1. The van der Waals surface area contributed by atoms with E-state index in [1.165, 1.54) is 0 Å². The summed E-state index contributed by atoms with van der Waals surface area (Å²) in [5.74, 6) is 0.890. The summed E-state index contributed by atoms with van der Waals surface area (Å²) in [6, 6.07) is 5.97. The van der Waals surface area contributed by atoms with Gasteiger partial charge in [0.1, 0.15) is 5.76 Å². The molecule has 0 spiro atoms. The highest BCUT2D eigenvalue weighted by Crippen LogP contribution is 2.15. The van der Waals surface area contributed by atoms with Crippen LogP contribution in [0.2, 0.25) is 0 Å². The van der Waals surface area contributed by atoms with Crippen molar-refractivity contribution in [1.82, 2.24) is 19.9 Å². The summed E-state index contributed by atoms with van der Waals surface area (Å²) in [5, 5.41) is 3.91. The van der Waals surface area contributed by atoms with Gasteiger partial charge in [-0.3, -0.25) is 14.7 Å². The van der Waals surface area contributed by atoms with Gasteiger partial charge in [-0.2, -0.15) is 0 Å². The summed E-state index contributed by atoms with van der Waals surface area (Å²) < 4.78 is 5.13. The van der Waals surface area contributed by atoms with Crippen molar-refractivity contribution in [2.45, 2.75) is 26.8 Å². The molecule has 1 saturated heterocycles. The maximum absolute atomic E-state index is 12.5. The topological polar surface area (TPSA) is 62.5 Å². The van der Waals surface area contributed by atoms with E-state index in [0.717, 1.165) is 55.4 Å². The van der Waals surface area contributed by atoms with Crippen molar-refractivity contribution in [3.05, 3.63) is 47.1 Å². The van der Waals surface area contributed by atoms with Crippen molar-refractivity contribution in [3.8, 4) is 0 Å². The molecule has 3 heterocycles. The Bertz CT molecular complexity index is 641. The van der Waals surface area contributed by atoms with Crippen molar-refractivity contribution in [3.63, 3.8) is 0 Å². The van der Waals surface area contributed by atoms with E-state index in [1.54, 1.807) is 0 Å². The Hall–Kier alpha value is -2.21. The quantitative estimate of drug-likeness (QED) is 0.857. The summed E-state index contributed by atoms with van der Waals surface area (Å²) in [4.78, 5) is 21.1. The van der Waals surface area contributed by atoms with Crippen LogP contribution in [0.4, 0.5) is 0 Å². The molecule has 6 heteroatoms. The van der Waals surface area contributed by atoms with E-state index in [4.69, 9.17) is 4.52 Å². The molecule has 1 fully saturated rings. The van der Waals surface area contributed by atoms with Crippen LogP contribution in [0, 0.1) is 13.8 Å². The van der Waals surface area contributed by atoms with Gasteiger partial charge in [-0.15, -0.1) is 0 Å². The van der Waals surface area contributed by atoms with Gasteiger partial charge in [0.2, 0.25) is 5.91 Å². The van der Waals surface area contributed by atoms with Crippen LogP contribution in [-0.4, -0.2) is 52.0 Å². The zero-order valence-corrected chi connectivity index (χ0v) is 13.7. The monoisotopic (exact) mass is 314 g/mol. The average molecular weight is 314 g/mol. The van der Waals surface area contributed by atoms with Crippen LogP contribution < -0.4 is 0 Å². The Morgan fingerprint density at radius 3 is 2.61 bits per heavy atom. The van der Waals surface area contributed by atoms with Gasteiger partial charge in [-0.1, -0.05) is 11.2 Å². The summed E-state index contributed by atoms with van der Waals surface area (Å²) >= 11 is 0. The molecule has 1 aliphatic heterocycles. The number of carbonyl (C=O) groups excluding carboxylic acids is 1. The van der Waals surface area contributed by atoms with Crippen LogP contribution in [0.3, 0.4) is 0 Å². The lowest BCUT2D eigenvalue weighted by Gasteiger charge is -2.34. The number of rotatable bonds is 4. The Labute approximate surface area is 136 Å². The molecule has 0 aromatic carbocycles. The van der Waals surface area contributed by atoms with Crippen molar-refractivity contribution in [2.24, 2.45) is 0 Å². The molecule has 6 nitrogen and oxygen atoms in total. The number of aromatic nitrogens is 2. The number of hydrogen-bond donors (Lipinski definition) is 0. The van der Waals surface area contributed by atoms with E-state index in [-0.39, 0.29) is 5.91 Å². The third kappa shape index (κ3) is 3.76. The molecular formula is C17H22N4O2. The van der Waals surface area contributed by atoms with Gasteiger partial charge in [0, 0.05) is 44.5 Å². The molecule has 23 heavy (non-hydrogen) atoms. The number of nitrogens with zero attached hydrogens (tertiary/aromatic N) is 4. The summed E-state index contributed by atoms with van der Waals surface area (Å²) in [5.41, 5.74) is 2.80. The van der Waals surface area contributed by atoms with Gasteiger partial charge < -0.3 is 9.42 Å². The Kier molecular flexibility index (Phi) is 4.71. The summed E-state index contributed by atoms with van der Waals surface area (Å²) in [6.07, 6.45) is 2.19. The average Bonchev–Trinajstić information content (AvgIpc) is 2.88. The molecule has 1 amide bonds. The van der Waals surface area contributed by atoms with E-state index >= 15 is 0 Å². The normalized spacial score (nSPS) is 15.8. The standard InChI is InChI=1S/C17H22N4O2/c1-13-16(14(2)23-19-13)11-17(22)21-9-7-20(8-10-21)12-15-5-3-4-6-18-15/h3-6H,7-12H2,1-2H3. The minimum atomic E-state index is 0.150. The van der Waals surface area contributed by atoms with Gasteiger partial charge in [-0.05, 0) is 26.0 Å². The number of aryl methyl sites for hydroxylation is 2. The fourth-order valence-corrected chi connectivity index (χ4v) is 2.89. The minimum absolute atomic E-state index is 0.150. The first-order valence-electron chi connectivity index (χ1n) is 7.95. The van der Waals surface area contributed by atoms with Gasteiger partial charge in [0.05, 0.1) is 17.8 Å². The molecule has 0 bridgehead atoms. The molecule has 0 atom stereocenters. The van der Waals surface area contributed by atoms with Crippen molar-refractivity contribution < 1.29 is 9.32 Å². The molecule has 2 aromatic heterocycles. The van der Waals surface area contributed by atoms with E-state index in [0.29, 0.717) is 6.42 Å². The van der Waals surface area contributed by atoms with Crippen LogP contribution in [0.1, 0.15) is 22.7 Å². The van der Waals surface area contributed by atoms with E-state index < -0.39 is 0 Å². The van der Waals surface area contributed by atoms with Gasteiger partial charge in [0.25, 0.3) is 0 Å². The van der Waals surface area contributed by atoms with Crippen molar-refractivity contribution in [1.29, 1.82) is 0 Å². The number of carbonyl (C=O) groups is 1. The lowest BCUT2D eigenvalue weighted by Crippen LogP contribution is -2.48. The molecule has 122 valence electrons. The zero-order chi connectivity index (χ0) is 16.2. The smallest absolute Gasteiger partial charge is 0.227 e. The highest BCUT2D eigenvalue weighted by molar-refractivity contribution is 5.79. The first-order valence-corrected chi connectivity index (χ1v) is 7.95. The third-order valence-electron chi connectivity index (χ3n) is 4.35. The molecule has 1 aliphatic rings. The number of piperazine rings is 1. The molecule has 2 aromatic rings. The molecule has 0 unspecified atom stereocenters. The van der Waals surface area contributed by atoms with E-state index in [1.807, 2.05) is 43.1 Å². The zero-order valence-electron chi connectivity index (χ0n) is 13.7. The molecular weight excluding hydrogens is 292 g/mol. The molecule has 0 N–H and O–H groups in total. The summed E-state index contributed by atoms with van der Waals surface area (Å²) in [6.45, 7) is 7.85. The number of amides is 1. The largest absolute Gasteiger partial charge is 0.361 e. The summed E-state index contributed by atoms with van der Waals surface area (Å²) in [7, 11) is 0. The van der Waals surface area contributed by atoms with Gasteiger partial charge in [-0.25, -0.2) is 0 Å². The SMILES string of the molecule is Cc1noc(C)c1CC(=O)N1CCN(Cc2ccccn2)CC1. The molecule has 0 radical (unpaired) electrons. The predicted octanol–water partition coefficient (Wildman–Crippen LogP) is 1.57. The Morgan fingerprint density at radius 1 is 1.22 bits per heavy atom. The van der Waals surface area contributed by atoms with Gasteiger partial charge in [0.15, 0.2) is 0 Å². The number of hydrogen-bond acceptors (Lipinski definition) is 5. The van der Waals surface area contributed by atoms with Crippen LogP contribution in [-0.2, 0) is 17.8 Å². The van der Waals surface area contributed by atoms with Crippen LogP contribution in [0.5, 0.6) is 0 Å². The highest BCUT2D eigenvalue weighted by Gasteiger charge is 2.23.